The average molecular weight is 326 g/mol. The molecule has 7 heteroatoms. The van der Waals surface area contributed by atoms with Gasteiger partial charge in [0, 0.05) is 23.6 Å². The molecule has 0 spiro atoms. The first-order chi connectivity index (χ1) is 11.4. The van der Waals surface area contributed by atoms with Gasteiger partial charge in [0.1, 0.15) is 5.58 Å². The third-order valence-corrected chi connectivity index (χ3v) is 4.04. The van der Waals surface area contributed by atoms with Crippen molar-refractivity contribution in [2.45, 2.75) is 20.4 Å². The topological polar surface area (TPSA) is 95.3 Å². The van der Waals surface area contributed by atoms with Crippen molar-refractivity contribution >= 4 is 16.7 Å². The van der Waals surface area contributed by atoms with Crippen LogP contribution in [0.1, 0.15) is 16.7 Å². The molecule has 7 nitrogen and oxygen atoms in total. The fraction of sp³-hybridized carbons (Fsp3) is 0.176. The number of fused-ring (bicyclic) bond motifs is 1. The molecule has 3 aromatic rings. The molecule has 0 radical (unpaired) electrons. The quantitative estimate of drug-likeness (QED) is 0.419. The normalized spacial score (nSPS) is 10.9. The molecule has 122 valence electrons. The molecule has 0 atom stereocenters. The Kier molecular flexibility index (Phi) is 3.76. The van der Waals surface area contributed by atoms with Crippen LogP contribution in [-0.2, 0) is 6.54 Å². The maximum Gasteiger partial charge on any atom is 0.336 e. The lowest BCUT2D eigenvalue weighted by atomic mass is 10.0. The van der Waals surface area contributed by atoms with E-state index in [1.54, 1.807) is 0 Å². The number of hydrogen-bond donors (Lipinski definition) is 0. The molecule has 2 aromatic heterocycles. The van der Waals surface area contributed by atoms with E-state index in [0.717, 1.165) is 23.3 Å². The molecule has 0 saturated carbocycles. The number of nitro groups is 1. The highest BCUT2D eigenvalue weighted by atomic mass is 16.6. The van der Waals surface area contributed by atoms with E-state index in [2.05, 4.69) is 0 Å². The molecule has 2 heterocycles. The first-order valence-electron chi connectivity index (χ1n) is 7.24. The van der Waals surface area contributed by atoms with Gasteiger partial charge in [0.2, 0.25) is 0 Å². The van der Waals surface area contributed by atoms with Crippen LogP contribution < -0.4 is 11.2 Å². The van der Waals surface area contributed by atoms with Crippen molar-refractivity contribution in [1.29, 1.82) is 0 Å². The predicted octanol–water partition coefficient (Wildman–Crippen LogP) is 2.53. The third-order valence-electron chi connectivity index (χ3n) is 4.04. The van der Waals surface area contributed by atoms with Crippen molar-refractivity contribution in [3.8, 4) is 0 Å². The Labute approximate surface area is 135 Å². The van der Waals surface area contributed by atoms with E-state index >= 15 is 0 Å². The van der Waals surface area contributed by atoms with E-state index in [0.29, 0.717) is 16.5 Å². The molecular weight excluding hydrogens is 312 g/mol. The summed E-state index contributed by atoms with van der Waals surface area (Å²) in [6, 6.07) is 7.32. The molecule has 0 aliphatic heterocycles. The molecule has 24 heavy (non-hydrogen) atoms. The molecular formula is C17H14N2O5. The first kappa shape index (κ1) is 15.7. The smallest absolute Gasteiger partial charge is 0.336 e. The zero-order valence-electron chi connectivity index (χ0n) is 13.1. The lowest BCUT2D eigenvalue weighted by Gasteiger charge is -2.10. The summed E-state index contributed by atoms with van der Waals surface area (Å²) in [7, 11) is 0. The third kappa shape index (κ3) is 2.71. The maximum absolute atomic E-state index is 12.0. The highest BCUT2D eigenvalue weighted by Gasteiger charge is 2.12. The molecule has 0 aliphatic rings. The van der Waals surface area contributed by atoms with Gasteiger partial charge in [0.25, 0.3) is 11.2 Å². The SMILES string of the molecule is Cc1ccc2c(Cn3cc([N+](=O)[O-])ccc3=O)cc(=O)oc2c1C. The summed E-state index contributed by atoms with van der Waals surface area (Å²) >= 11 is 0. The fourth-order valence-electron chi connectivity index (χ4n) is 2.59. The van der Waals surface area contributed by atoms with Crippen LogP contribution in [0.2, 0.25) is 0 Å². The lowest BCUT2D eigenvalue weighted by molar-refractivity contribution is -0.385. The number of aryl methyl sites for hydroxylation is 2. The second kappa shape index (κ2) is 5.77. The standard InChI is InChI=1S/C17H14N2O5/c1-10-3-5-14-12(7-16(21)24-17(14)11(10)2)8-18-9-13(19(22)23)4-6-15(18)20/h3-7,9H,8H2,1-2H3. The number of aromatic nitrogens is 1. The summed E-state index contributed by atoms with van der Waals surface area (Å²) in [5.41, 5.74) is 1.78. The zero-order chi connectivity index (χ0) is 17.4. The highest BCUT2D eigenvalue weighted by Crippen LogP contribution is 2.23. The predicted molar refractivity (Wildman–Crippen MR) is 88.4 cm³/mol. The van der Waals surface area contributed by atoms with E-state index in [-0.39, 0.29) is 17.8 Å². The van der Waals surface area contributed by atoms with Crippen molar-refractivity contribution in [3.63, 3.8) is 0 Å². The van der Waals surface area contributed by atoms with Gasteiger partial charge in [-0.1, -0.05) is 12.1 Å². The van der Waals surface area contributed by atoms with Crippen LogP contribution in [0.25, 0.3) is 11.0 Å². The summed E-state index contributed by atoms with van der Waals surface area (Å²) in [5.74, 6) is 0. The van der Waals surface area contributed by atoms with Crippen molar-refractivity contribution in [1.82, 2.24) is 4.57 Å². The number of pyridine rings is 1. The van der Waals surface area contributed by atoms with Gasteiger partial charge < -0.3 is 8.98 Å². The van der Waals surface area contributed by atoms with Gasteiger partial charge in [-0.15, -0.1) is 0 Å². The molecule has 0 bridgehead atoms. The van der Waals surface area contributed by atoms with Gasteiger partial charge in [0.05, 0.1) is 17.7 Å². The highest BCUT2D eigenvalue weighted by molar-refractivity contribution is 5.83. The van der Waals surface area contributed by atoms with Crippen molar-refractivity contribution in [3.05, 3.63) is 84.1 Å². The Bertz CT molecular complexity index is 1080. The molecule has 0 saturated heterocycles. The van der Waals surface area contributed by atoms with Gasteiger partial charge >= 0.3 is 5.63 Å². The van der Waals surface area contributed by atoms with Gasteiger partial charge in [0.15, 0.2) is 0 Å². The Hall–Kier alpha value is -3.22. The first-order valence-corrected chi connectivity index (χ1v) is 7.24. The molecule has 3 rings (SSSR count). The summed E-state index contributed by atoms with van der Waals surface area (Å²) in [6.07, 6.45) is 1.17. The lowest BCUT2D eigenvalue weighted by Crippen LogP contribution is -2.20. The van der Waals surface area contributed by atoms with Crippen LogP contribution in [0.5, 0.6) is 0 Å². The van der Waals surface area contributed by atoms with E-state index in [4.69, 9.17) is 4.42 Å². The number of hydrogen-bond acceptors (Lipinski definition) is 5. The summed E-state index contributed by atoms with van der Waals surface area (Å²) in [6.45, 7) is 3.81. The fourth-order valence-corrected chi connectivity index (χ4v) is 2.59. The van der Waals surface area contributed by atoms with Crippen LogP contribution >= 0.6 is 0 Å². The Balaban J connectivity index is 2.20. The number of nitrogens with zero attached hydrogens (tertiary/aromatic N) is 2. The van der Waals surface area contributed by atoms with Crippen LogP contribution in [-0.4, -0.2) is 9.49 Å². The number of benzene rings is 1. The molecule has 0 N–H and O–H groups in total. The van der Waals surface area contributed by atoms with E-state index < -0.39 is 10.5 Å². The van der Waals surface area contributed by atoms with Crippen LogP contribution in [0.15, 0.2) is 50.5 Å². The maximum atomic E-state index is 12.0. The van der Waals surface area contributed by atoms with E-state index in [9.17, 15) is 19.7 Å². The molecule has 0 fully saturated rings. The summed E-state index contributed by atoms with van der Waals surface area (Å²) < 4.78 is 6.50. The van der Waals surface area contributed by atoms with Crippen LogP contribution in [0, 0.1) is 24.0 Å². The van der Waals surface area contributed by atoms with Crippen LogP contribution in [0.4, 0.5) is 5.69 Å². The summed E-state index contributed by atoms with van der Waals surface area (Å²) in [5, 5.41) is 11.6. The van der Waals surface area contributed by atoms with Gasteiger partial charge in [-0.25, -0.2) is 4.79 Å². The second-order valence-corrected chi connectivity index (χ2v) is 5.59. The van der Waals surface area contributed by atoms with E-state index in [1.807, 2.05) is 26.0 Å². The minimum atomic E-state index is -0.569. The largest absolute Gasteiger partial charge is 0.422 e. The molecule has 0 unspecified atom stereocenters. The van der Waals surface area contributed by atoms with Crippen molar-refractivity contribution in [2.24, 2.45) is 0 Å². The molecule has 0 aliphatic carbocycles. The average Bonchev–Trinajstić information content (AvgIpc) is 2.53. The van der Waals surface area contributed by atoms with Crippen molar-refractivity contribution in [2.75, 3.05) is 0 Å². The van der Waals surface area contributed by atoms with Crippen LogP contribution in [0.3, 0.4) is 0 Å². The van der Waals surface area contributed by atoms with Gasteiger partial charge in [-0.2, -0.15) is 0 Å². The Morgan fingerprint density at radius 2 is 1.92 bits per heavy atom. The minimum absolute atomic E-state index is 0.0467. The van der Waals surface area contributed by atoms with Gasteiger partial charge in [-0.3, -0.25) is 14.9 Å². The number of rotatable bonds is 3. The minimum Gasteiger partial charge on any atom is -0.422 e. The van der Waals surface area contributed by atoms with E-state index in [1.165, 1.54) is 16.8 Å². The Morgan fingerprint density at radius 3 is 2.62 bits per heavy atom. The monoisotopic (exact) mass is 326 g/mol. The van der Waals surface area contributed by atoms with Crippen molar-refractivity contribution < 1.29 is 9.34 Å². The second-order valence-electron chi connectivity index (χ2n) is 5.59. The summed E-state index contributed by atoms with van der Waals surface area (Å²) in [4.78, 5) is 34.2. The zero-order valence-corrected chi connectivity index (χ0v) is 13.1. The molecule has 1 aromatic carbocycles. The van der Waals surface area contributed by atoms with Gasteiger partial charge in [-0.05, 0) is 30.5 Å². The Morgan fingerprint density at radius 1 is 1.17 bits per heavy atom. The molecule has 0 amide bonds.